The molecular weight excluding hydrogens is 268 g/mol. The minimum atomic E-state index is 0.0342. The summed E-state index contributed by atoms with van der Waals surface area (Å²) < 4.78 is 1.10. The highest BCUT2D eigenvalue weighted by Crippen LogP contribution is 2.11. The molecule has 0 bridgehead atoms. The number of carbonyl (C=O) groups is 1. The summed E-state index contributed by atoms with van der Waals surface area (Å²) in [6, 6.07) is 8.23. The van der Waals surface area contributed by atoms with Gasteiger partial charge in [0.2, 0.25) is 5.91 Å². The van der Waals surface area contributed by atoms with Crippen LogP contribution < -0.4 is 10.6 Å². The summed E-state index contributed by atoms with van der Waals surface area (Å²) in [5.41, 5.74) is 1.26. The van der Waals surface area contributed by atoms with Crippen molar-refractivity contribution < 1.29 is 4.79 Å². The zero-order valence-corrected chi connectivity index (χ0v) is 11.0. The van der Waals surface area contributed by atoms with Gasteiger partial charge < -0.3 is 10.6 Å². The summed E-state index contributed by atoms with van der Waals surface area (Å²) in [4.78, 5) is 10.6. The number of amides is 1. The predicted molar refractivity (Wildman–Crippen MR) is 69.1 cm³/mol. The van der Waals surface area contributed by atoms with Crippen molar-refractivity contribution in [2.75, 3.05) is 13.1 Å². The van der Waals surface area contributed by atoms with Gasteiger partial charge in [-0.15, -0.1) is 0 Å². The molecule has 0 unspecified atom stereocenters. The lowest BCUT2D eigenvalue weighted by molar-refractivity contribution is -0.118. The summed E-state index contributed by atoms with van der Waals surface area (Å²) in [5.74, 6) is 0.0342. The Kier molecular flexibility index (Phi) is 6.11. The number of nitrogens with one attached hydrogen (secondary N) is 2. The molecule has 0 heterocycles. The van der Waals surface area contributed by atoms with Crippen LogP contribution in [-0.2, 0) is 11.3 Å². The van der Waals surface area contributed by atoms with Crippen LogP contribution in [0.5, 0.6) is 0 Å². The van der Waals surface area contributed by atoms with Gasteiger partial charge in [-0.3, -0.25) is 4.79 Å². The standard InChI is InChI=1S/C12H17BrN2O/c1-10(16)15-7-3-6-14-9-11-4-2-5-12(13)8-11/h2,4-5,8,14H,3,6-7,9H2,1H3,(H,15,16). The molecule has 0 radical (unpaired) electrons. The fraction of sp³-hybridized carbons (Fsp3) is 0.417. The van der Waals surface area contributed by atoms with Crippen LogP contribution in [0.4, 0.5) is 0 Å². The van der Waals surface area contributed by atoms with Crippen LogP contribution in [0.2, 0.25) is 0 Å². The lowest BCUT2D eigenvalue weighted by atomic mass is 10.2. The third-order valence-electron chi connectivity index (χ3n) is 2.12. The second kappa shape index (κ2) is 7.41. The predicted octanol–water partition coefficient (Wildman–Crippen LogP) is 2.06. The monoisotopic (exact) mass is 284 g/mol. The fourth-order valence-corrected chi connectivity index (χ4v) is 1.80. The average Bonchev–Trinajstić information content (AvgIpc) is 2.23. The molecule has 0 aromatic heterocycles. The van der Waals surface area contributed by atoms with Crippen molar-refractivity contribution in [3.63, 3.8) is 0 Å². The highest BCUT2D eigenvalue weighted by atomic mass is 79.9. The smallest absolute Gasteiger partial charge is 0.216 e. The van der Waals surface area contributed by atoms with E-state index in [2.05, 4.69) is 38.7 Å². The molecule has 0 fully saturated rings. The first-order valence-electron chi connectivity index (χ1n) is 5.38. The van der Waals surface area contributed by atoms with Crippen LogP contribution in [0.1, 0.15) is 18.9 Å². The van der Waals surface area contributed by atoms with E-state index in [0.717, 1.165) is 30.5 Å². The Morgan fingerprint density at radius 1 is 1.38 bits per heavy atom. The van der Waals surface area contributed by atoms with E-state index in [-0.39, 0.29) is 5.91 Å². The molecule has 0 saturated carbocycles. The minimum Gasteiger partial charge on any atom is -0.356 e. The van der Waals surface area contributed by atoms with E-state index in [1.165, 1.54) is 12.5 Å². The molecule has 0 aliphatic carbocycles. The van der Waals surface area contributed by atoms with Gasteiger partial charge in [-0.2, -0.15) is 0 Å². The average molecular weight is 285 g/mol. The molecule has 88 valence electrons. The van der Waals surface area contributed by atoms with Crippen LogP contribution in [0.3, 0.4) is 0 Å². The van der Waals surface area contributed by atoms with Crippen molar-refractivity contribution >= 4 is 21.8 Å². The minimum absolute atomic E-state index is 0.0342. The molecule has 4 heteroatoms. The second-order valence-electron chi connectivity index (χ2n) is 3.64. The Balaban J connectivity index is 2.09. The van der Waals surface area contributed by atoms with Gasteiger partial charge in [0.1, 0.15) is 0 Å². The molecule has 3 nitrogen and oxygen atoms in total. The van der Waals surface area contributed by atoms with E-state index in [0.29, 0.717) is 0 Å². The number of rotatable bonds is 6. The van der Waals surface area contributed by atoms with E-state index < -0.39 is 0 Å². The van der Waals surface area contributed by atoms with Crippen molar-refractivity contribution in [1.29, 1.82) is 0 Å². The van der Waals surface area contributed by atoms with E-state index in [1.807, 2.05) is 12.1 Å². The maximum absolute atomic E-state index is 10.6. The lowest BCUT2D eigenvalue weighted by Gasteiger charge is -2.05. The molecule has 0 aliphatic heterocycles. The number of halogens is 1. The summed E-state index contributed by atoms with van der Waals surface area (Å²) in [6.07, 6.45) is 0.952. The van der Waals surface area contributed by atoms with Crippen molar-refractivity contribution in [3.05, 3.63) is 34.3 Å². The second-order valence-corrected chi connectivity index (χ2v) is 4.56. The van der Waals surface area contributed by atoms with Crippen LogP contribution in [0.15, 0.2) is 28.7 Å². The molecule has 2 N–H and O–H groups in total. The molecule has 0 aliphatic rings. The van der Waals surface area contributed by atoms with Crippen LogP contribution >= 0.6 is 15.9 Å². The van der Waals surface area contributed by atoms with E-state index in [4.69, 9.17) is 0 Å². The van der Waals surface area contributed by atoms with Crippen LogP contribution in [-0.4, -0.2) is 19.0 Å². The van der Waals surface area contributed by atoms with Gasteiger partial charge in [0.05, 0.1) is 0 Å². The Morgan fingerprint density at radius 2 is 2.19 bits per heavy atom. The normalized spacial score (nSPS) is 10.1. The first-order chi connectivity index (χ1) is 7.68. The highest BCUT2D eigenvalue weighted by molar-refractivity contribution is 9.10. The number of hydrogen-bond donors (Lipinski definition) is 2. The van der Waals surface area contributed by atoms with E-state index in [9.17, 15) is 4.79 Å². The lowest BCUT2D eigenvalue weighted by Crippen LogP contribution is -2.24. The van der Waals surface area contributed by atoms with Gasteiger partial charge in [-0.1, -0.05) is 28.1 Å². The first kappa shape index (κ1) is 13.2. The molecule has 0 atom stereocenters. The van der Waals surface area contributed by atoms with Gasteiger partial charge >= 0.3 is 0 Å². The number of benzene rings is 1. The quantitative estimate of drug-likeness (QED) is 0.786. The van der Waals surface area contributed by atoms with Crippen LogP contribution in [0.25, 0.3) is 0 Å². The molecule has 0 spiro atoms. The summed E-state index contributed by atoms with van der Waals surface area (Å²) in [7, 11) is 0. The summed E-state index contributed by atoms with van der Waals surface area (Å²) >= 11 is 3.44. The van der Waals surface area contributed by atoms with Crippen molar-refractivity contribution in [2.24, 2.45) is 0 Å². The zero-order chi connectivity index (χ0) is 11.8. The van der Waals surface area contributed by atoms with Gasteiger partial charge in [0.25, 0.3) is 0 Å². The summed E-state index contributed by atoms with van der Waals surface area (Å²) in [5, 5.41) is 6.10. The molecule has 1 rings (SSSR count). The molecule has 0 saturated heterocycles. The van der Waals surface area contributed by atoms with E-state index in [1.54, 1.807) is 0 Å². The topological polar surface area (TPSA) is 41.1 Å². The van der Waals surface area contributed by atoms with Crippen molar-refractivity contribution in [2.45, 2.75) is 19.9 Å². The molecule has 1 aromatic rings. The number of hydrogen-bond acceptors (Lipinski definition) is 2. The van der Waals surface area contributed by atoms with Crippen molar-refractivity contribution in [3.8, 4) is 0 Å². The van der Waals surface area contributed by atoms with Gasteiger partial charge in [0.15, 0.2) is 0 Å². The van der Waals surface area contributed by atoms with Gasteiger partial charge in [-0.05, 0) is 30.7 Å². The molecular formula is C12H17BrN2O. The highest BCUT2D eigenvalue weighted by Gasteiger charge is 1.94. The fourth-order valence-electron chi connectivity index (χ4n) is 1.36. The van der Waals surface area contributed by atoms with Gasteiger partial charge in [-0.25, -0.2) is 0 Å². The third-order valence-corrected chi connectivity index (χ3v) is 2.62. The maximum atomic E-state index is 10.6. The SMILES string of the molecule is CC(=O)NCCCNCc1cccc(Br)c1. The Bertz CT molecular complexity index is 342. The van der Waals surface area contributed by atoms with Crippen molar-refractivity contribution in [1.82, 2.24) is 10.6 Å². The Hall–Kier alpha value is -0.870. The molecule has 1 amide bonds. The molecule has 16 heavy (non-hydrogen) atoms. The first-order valence-corrected chi connectivity index (χ1v) is 6.17. The maximum Gasteiger partial charge on any atom is 0.216 e. The largest absolute Gasteiger partial charge is 0.356 e. The third kappa shape index (κ3) is 5.88. The van der Waals surface area contributed by atoms with Gasteiger partial charge in [0, 0.05) is 24.5 Å². The summed E-state index contributed by atoms with van der Waals surface area (Å²) in [6.45, 7) is 4.04. The zero-order valence-electron chi connectivity index (χ0n) is 9.42. The number of carbonyl (C=O) groups excluding carboxylic acids is 1. The molecule has 1 aromatic carbocycles. The Morgan fingerprint density at radius 3 is 2.88 bits per heavy atom. The van der Waals surface area contributed by atoms with E-state index >= 15 is 0 Å². The van der Waals surface area contributed by atoms with Crippen LogP contribution in [0, 0.1) is 0 Å². The Labute approximate surface area is 105 Å².